The van der Waals surface area contributed by atoms with Crippen LogP contribution >= 0.6 is 0 Å². The van der Waals surface area contributed by atoms with Gasteiger partial charge >= 0.3 is 0 Å². The average Bonchev–Trinajstić information content (AvgIpc) is 2.66. The summed E-state index contributed by atoms with van der Waals surface area (Å²) in [5, 5.41) is 3.56. The highest BCUT2D eigenvalue weighted by Gasteiger charge is 2.21. The summed E-state index contributed by atoms with van der Waals surface area (Å²) in [5.74, 6) is 1.26. The predicted molar refractivity (Wildman–Crippen MR) is 109 cm³/mol. The lowest BCUT2D eigenvalue weighted by molar-refractivity contribution is -0.122. The number of rotatable bonds is 8. The number of H-pyrrole nitrogens is 1. The number of nitrogens with one attached hydrogen (secondary N) is 2. The van der Waals surface area contributed by atoms with Crippen molar-refractivity contribution in [2.24, 2.45) is 5.92 Å². The Hall–Kier alpha value is -2.25. The van der Waals surface area contributed by atoms with Crippen molar-refractivity contribution in [3.8, 4) is 0 Å². The number of ether oxygens (including phenoxy) is 1. The highest BCUT2D eigenvalue weighted by Crippen LogP contribution is 2.09. The number of amides is 1. The molecule has 0 aliphatic carbocycles. The Morgan fingerprint density at radius 3 is 3.04 bits per heavy atom. The normalized spacial score (nSPS) is 17.9. The lowest BCUT2D eigenvalue weighted by atomic mass is 10.1. The van der Waals surface area contributed by atoms with Crippen molar-refractivity contribution in [3.63, 3.8) is 0 Å². The van der Waals surface area contributed by atoms with Crippen LogP contribution in [0.5, 0.6) is 0 Å². The summed E-state index contributed by atoms with van der Waals surface area (Å²) in [5.41, 5.74) is 0.552. The largest absolute Gasteiger partial charge is 0.374 e. The van der Waals surface area contributed by atoms with E-state index in [0.29, 0.717) is 55.1 Å². The van der Waals surface area contributed by atoms with Crippen molar-refractivity contribution in [1.29, 1.82) is 0 Å². The fourth-order valence-electron chi connectivity index (χ4n) is 3.57. The van der Waals surface area contributed by atoms with Gasteiger partial charge in [0.05, 0.1) is 23.6 Å². The monoisotopic (exact) mass is 386 g/mol. The average molecular weight is 386 g/mol. The third-order valence-corrected chi connectivity index (χ3v) is 4.85. The number of fused-ring (bicyclic) bond motifs is 1. The van der Waals surface area contributed by atoms with Gasteiger partial charge in [0, 0.05) is 39.0 Å². The third kappa shape index (κ3) is 5.87. The van der Waals surface area contributed by atoms with Crippen molar-refractivity contribution in [1.82, 2.24) is 20.2 Å². The molecule has 1 aromatic heterocycles. The number of para-hydroxylation sites is 1. The van der Waals surface area contributed by atoms with Crippen LogP contribution in [0.1, 0.15) is 32.5 Å². The molecule has 28 heavy (non-hydrogen) atoms. The van der Waals surface area contributed by atoms with Crippen molar-refractivity contribution in [3.05, 3.63) is 40.4 Å². The molecule has 1 amide bonds. The number of nitrogens with zero attached hydrogens (tertiary/aromatic N) is 2. The summed E-state index contributed by atoms with van der Waals surface area (Å²) in [6.45, 7) is 8.56. The number of aryl methyl sites for hydroxylation is 1. The first kappa shape index (κ1) is 20.5. The standard InChI is InChI=1S/C21H30N4O3/c1-15(2)13-25-10-11-28-16(14-25)12-22-20(26)9-5-8-19-23-18-7-4-3-6-17(18)21(27)24-19/h3-4,6-7,15-16H,5,8-14H2,1-2H3,(H,22,26)(H,23,24,27). The zero-order chi connectivity index (χ0) is 19.9. The van der Waals surface area contributed by atoms with E-state index in [-0.39, 0.29) is 17.6 Å². The lowest BCUT2D eigenvalue weighted by Crippen LogP contribution is -2.48. The Bertz CT molecular complexity index is 849. The van der Waals surface area contributed by atoms with Crippen LogP contribution in [0.2, 0.25) is 0 Å². The molecule has 1 saturated heterocycles. The highest BCUT2D eigenvalue weighted by atomic mass is 16.5. The molecule has 7 nitrogen and oxygen atoms in total. The zero-order valence-electron chi connectivity index (χ0n) is 16.7. The van der Waals surface area contributed by atoms with Crippen LogP contribution in [0.3, 0.4) is 0 Å². The maximum atomic E-state index is 12.1. The lowest BCUT2D eigenvalue weighted by Gasteiger charge is -2.33. The summed E-state index contributed by atoms with van der Waals surface area (Å²) in [6, 6.07) is 7.27. The van der Waals surface area contributed by atoms with Crippen LogP contribution in [-0.2, 0) is 16.0 Å². The SMILES string of the molecule is CC(C)CN1CCOC(CNC(=O)CCCc2nc3ccccc3c(=O)[nH]2)C1. The molecular formula is C21H30N4O3. The Labute approximate surface area is 165 Å². The first-order chi connectivity index (χ1) is 13.5. The van der Waals surface area contributed by atoms with E-state index in [0.717, 1.165) is 19.6 Å². The first-order valence-electron chi connectivity index (χ1n) is 10.1. The van der Waals surface area contributed by atoms with Crippen molar-refractivity contribution in [2.75, 3.05) is 32.8 Å². The van der Waals surface area contributed by atoms with Gasteiger partial charge in [-0.2, -0.15) is 0 Å². The smallest absolute Gasteiger partial charge is 0.258 e. The minimum atomic E-state index is -0.134. The maximum Gasteiger partial charge on any atom is 0.258 e. The second kappa shape index (κ2) is 9.80. The van der Waals surface area contributed by atoms with Crippen LogP contribution in [0.4, 0.5) is 0 Å². The summed E-state index contributed by atoms with van der Waals surface area (Å²) < 4.78 is 5.76. The van der Waals surface area contributed by atoms with Crippen molar-refractivity contribution < 1.29 is 9.53 Å². The fraction of sp³-hybridized carbons (Fsp3) is 0.571. The number of aromatic amines is 1. The topological polar surface area (TPSA) is 87.3 Å². The summed E-state index contributed by atoms with van der Waals surface area (Å²) in [4.78, 5) is 33.9. The van der Waals surface area contributed by atoms with E-state index in [2.05, 4.69) is 34.0 Å². The number of hydrogen-bond acceptors (Lipinski definition) is 5. The molecule has 3 rings (SSSR count). The summed E-state index contributed by atoms with van der Waals surface area (Å²) >= 11 is 0. The van der Waals surface area contributed by atoms with Gasteiger partial charge in [0.1, 0.15) is 5.82 Å². The molecule has 0 radical (unpaired) electrons. The van der Waals surface area contributed by atoms with E-state index in [1.54, 1.807) is 6.07 Å². The van der Waals surface area contributed by atoms with E-state index < -0.39 is 0 Å². The Morgan fingerprint density at radius 1 is 1.39 bits per heavy atom. The van der Waals surface area contributed by atoms with Crippen molar-refractivity contribution >= 4 is 16.8 Å². The van der Waals surface area contributed by atoms with Crippen LogP contribution in [0.25, 0.3) is 10.9 Å². The molecule has 1 atom stereocenters. The minimum Gasteiger partial charge on any atom is -0.374 e. The number of hydrogen-bond donors (Lipinski definition) is 2. The fourth-order valence-corrected chi connectivity index (χ4v) is 3.57. The second-order valence-corrected chi connectivity index (χ2v) is 7.83. The third-order valence-electron chi connectivity index (χ3n) is 4.85. The molecule has 2 N–H and O–H groups in total. The van der Waals surface area contributed by atoms with Gasteiger partial charge in [0.25, 0.3) is 5.56 Å². The van der Waals surface area contributed by atoms with Gasteiger partial charge in [0.2, 0.25) is 5.91 Å². The van der Waals surface area contributed by atoms with Crippen LogP contribution in [-0.4, -0.2) is 59.7 Å². The van der Waals surface area contributed by atoms with E-state index in [9.17, 15) is 9.59 Å². The Balaban J connectivity index is 1.41. The van der Waals surface area contributed by atoms with E-state index in [1.165, 1.54) is 0 Å². The van der Waals surface area contributed by atoms with Gasteiger partial charge in [-0.3, -0.25) is 14.5 Å². The zero-order valence-corrected chi connectivity index (χ0v) is 16.7. The molecule has 0 spiro atoms. The first-order valence-corrected chi connectivity index (χ1v) is 10.1. The number of carbonyl (C=O) groups is 1. The van der Waals surface area contributed by atoms with E-state index in [4.69, 9.17) is 4.74 Å². The van der Waals surface area contributed by atoms with Gasteiger partial charge in [-0.05, 0) is 24.5 Å². The molecule has 1 aliphatic rings. The molecule has 2 aromatic rings. The quantitative estimate of drug-likeness (QED) is 0.721. The predicted octanol–water partition coefficient (Wildman–Crippen LogP) is 1.72. The maximum absolute atomic E-state index is 12.1. The molecule has 1 aliphatic heterocycles. The van der Waals surface area contributed by atoms with Crippen LogP contribution < -0.4 is 10.9 Å². The molecule has 1 unspecified atom stereocenters. The summed E-state index contributed by atoms with van der Waals surface area (Å²) in [7, 11) is 0. The number of aromatic nitrogens is 2. The van der Waals surface area contributed by atoms with Crippen LogP contribution in [0, 0.1) is 5.92 Å². The van der Waals surface area contributed by atoms with Gasteiger partial charge in [0.15, 0.2) is 0 Å². The Kier molecular flexibility index (Phi) is 7.17. The van der Waals surface area contributed by atoms with E-state index >= 15 is 0 Å². The molecule has 1 aromatic carbocycles. The molecule has 152 valence electrons. The molecule has 2 heterocycles. The number of benzene rings is 1. The second-order valence-electron chi connectivity index (χ2n) is 7.83. The highest BCUT2D eigenvalue weighted by molar-refractivity contribution is 5.77. The summed E-state index contributed by atoms with van der Waals surface area (Å²) in [6.07, 6.45) is 1.65. The minimum absolute atomic E-state index is 0.00715. The molecular weight excluding hydrogens is 356 g/mol. The van der Waals surface area contributed by atoms with Gasteiger partial charge in [-0.25, -0.2) is 4.98 Å². The number of carbonyl (C=O) groups excluding carboxylic acids is 1. The van der Waals surface area contributed by atoms with Gasteiger partial charge in [-0.15, -0.1) is 0 Å². The van der Waals surface area contributed by atoms with Gasteiger partial charge < -0.3 is 15.0 Å². The van der Waals surface area contributed by atoms with Crippen molar-refractivity contribution in [2.45, 2.75) is 39.2 Å². The molecule has 0 saturated carbocycles. The number of morpholine rings is 1. The molecule has 7 heteroatoms. The van der Waals surface area contributed by atoms with Crippen LogP contribution in [0.15, 0.2) is 29.1 Å². The van der Waals surface area contributed by atoms with Gasteiger partial charge in [-0.1, -0.05) is 26.0 Å². The molecule has 1 fully saturated rings. The van der Waals surface area contributed by atoms with E-state index in [1.807, 2.05) is 18.2 Å². The molecule has 0 bridgehead atoms. The Morgan fingerprint density at radius 2 is 2.21 bits per heavy atom.